The van der Waals surface area contributed by atoms with Crippen LogP contribution in [0.4, 0.5) is 5.82 Å². The molecule has 18 heavy (non-hydrogen) atoms. The summed E-state index contributed by atoms with van der Waals surface area (Å²) in [7, 11) is 0. The van der Waals surface area contributed by atoms with Crippen LogP contribution in [0.3, 0.4) is 0 Å². The lowest BCUT2D eigenvalue weighted by molar-refractivity contribution is 0.897. The Kier molecular flexibility index (Phi) is 2.79. The smallest absolute Gasteiger partial charge is 0.180 e. The number of pyridine rings is 1. The molecule has 0 aliphatic rings. The van der Waals surface area contributed by atoms with E-state index in [9.17, 15) is 0 Å². The Morgan fingerprint density at radius 3 is 2.94 bits per heavy atom. The SMILES string of the molecule is c1n[nH]c(CCNc2ccc3nccnc3n2)n1. The minimum Gasteiger partial charge on any atom is -0.370 e. The average molecular weight is 241 g/mol. The monoisotopic (exact) mass is 241 g/mol. The molecule has 0 saturated heterocycles. The summed E-state index contributed by atoms with van der Waals surface area (Å²) in [6.45, 7) is 0.730. The van der Waals surface area contributed by atoms with Gasteiger partial charge in [0, 0.05) is 25.4 Å². The molecular weight excluding hydrogens is 230 g/mol. The highest BCUT2D eigenvalue weighted by atomic mass is 15.2. The van der Waals surface area contributed by atoms with E-state index in [-0.39, 0.29) is 0 Å². The molecular formula is C11H11N7. The van der Waals surface area contributed by atoms with Gasteiger partial charge in [-0.3, -0.25) is 10.1 Å². The van der Waals surface area contributed by atoms with Gasteiger partial charge in [-0.15, -0.1) is 0 Å². The van der Waals surface area contributed by atoms with E-state index in [4.69, 9.17) is 0 Å². The van der Waals surface area contributed by atoms with Crippen molar-refractivity contribution in [3.05, 3.63) is 36.7 Å². The number of rotatable bonds is 4. The van der Waals surface area contributed by atoms with Gasteiger partial charge in [0.15, 0.2) is 5.65 Å². The van der Waals surface area contributed by atoms with Crippen LogP contribution in [0.25, 0.3) is 11.2 Å². The van der Waals surface area contributed by atoms with Crippen LogP contribution < -0.4 is 5.32 Å². The van der Waals surface area contributed by atoms with Crippen LogP contribution in [0.1, 0.15) is 5.82 Å². The van der Waals surface area contributed by atoms with Crippen LogP contribution in [0.2, 0.25) is 0 Å². The quantitative estimate of drug-likeness (QED) is 0.701. The van der Waals surface area contributed by atoms with Gasteiger partial charge >= 0.3 is 0 Å². The number of aromatic nitrogens is 6. The lowest BCUT2D eigenvalue weighted by Crippen LogP contribution is -2.07. The second-order valence-corrected chi connectivity index (χ2v) is 3.70. The molecule has 0 aliphatic carbocycles. The van der Waals surface area contributed by atoms with Crippen LogP contribution in [0, 0.1) is 0 Å². The number of hydrogen-bond donors (Lipinski definition) is 2. The van der Waals surface area contributed by atoms with E-state index in [1.807, 2.05) is 12.1 Å². The third kappa shape index (κ3) is 2.24. The standard InChI is InChI=1S/C11H11N7/c1-2-9(13-4-3-10-15-7-16-18-10)17-11-8(1)12-5-6-14-11/h1-2,5-7H,3-4H2,(H,13,14,17)(H,15,16,18). The zero-order valence-corrected chi connectivity index (χ0v) is 9.54. The van der Waals surface area contributed by atoms with Crippen molar-refractivity contribution in [3.8, 4) is 0 Å². The van der Waals surface area contributed by atoms with Crippen molar-refractivity contribution in [1.82, 2.24) is 30.1 Å². The molecule has 0 bridgehead atoms. The van der Waals surface area contributed by atoms with E-state index in [1.165, 1.54) is 6.33 Å². The first-order valence-corrected chi connectivity index (χ1v) is 5.58. The maximum Gasteiger partial charge on any atom is 0.180 e. The molecule has 3 aromatic heterocycles. The Morgan fingerprint density at radius 2 is 2.06 bits per heavy atom. The molecule has 0 radical (unpaired) electrons. The zero-order chi connectivity index (χ0) is 12.2. The first kappa shape index (κ1) is 10.6. The first-order valence-electron chi connectivity index (χ1n) is 5.58. The van der Waals surface area contributed by atoms with Crippen molar-refractivity contribution in [2.45, 2.75) is 6.42 Å². The molecule has 0 unspecified atom stereocenters. The number of anilines is 1. The van der Waals surface area contributed by atoms with E-state index in [0.717, 1.165) is 30.1 Å². The Morgan fingerprint density at radius 1 is 1.11 bits per heavy atom. The number of nitrogens with zero attached hydrogens (tertiary/aromatic N) is 5. The molecule has 7 heteroatoms. The Balaban J connectivity index is 1.67. The third-order valence-corrected chi connectivity index (χ3v) is 2.46. The Labute approximate surface area is 103 Å². The fourth-order valence-corrected chi connectivity index (χ4v) is 1.61. The average Bonchev–Trinajstić information content (AvgIpc) is 2.92. The molecule has 3 aromatic rings. The summed E-state index contributed by atoms with van der Waals surface area (Å²) in [5, 5.41) is 9.81. The highest BCUT2D eigenvalue weighted by molar-refractivity contribution is 5.71. The second kappa shape index (κ2) is 4.74. The van der Waals surface area contributed by atoms with Gasteiger partial charge in [-0.05, 0) is 12.1 Å². The second-order valence-electron chi connectivity index (χ2n) is 3.70. The maximum absolute atomic E-state index is 4.36. The number of hydrogen-bond acceptors (Lipinski definition) is 6. The van der Waals surface area contributed by atoms with Gasteiger partial charge in [0.05, 0.1) is 0 Å². The normalized spacial score (nSPS) is 10.7. The Bertz CT molecular complexity index is 635. The summed E-state index contributed by atoms with van der Waals surface area (Å²) in [5.41, 5.74) is 1.43. The van der Waals surface area contributed by atoms with Gasteiger partial charge in [-0.1, -0.05) is 0 Å². The summed E-state index contributed by atoms with van der Waals surface area (Å²) in [6, 6.07) is 3.78. The highest BCUT2D eigenvalue weighted by Crippen LogP contribution is 2.09. The van der Waals surface area contributed by atoms with Gasteiger partial charge in [0.2, 0.25) is 0 Å². The number of nitrogens with one attached hydrogen (secondary N) is 2. The van der Waals surface area contributed by atoms with Crippen LogP contribution in [0.15, 0.2) is 30.9 Å². The number of aromatic amines is 1. The van der Waals surface area contributed by atoms with Gasteiger partial charge in [-0.2, -0.15) is 5.10 Å². The summed E-state index contributed by atoms with van der Waals surface area (Å²) in [4.78, 5) is 16.7. The highest BCUT2D eigenvalue weighted by Gasteiger charge is 2.00. The molecule has 3 heterocycles. The minimum absolute atomic E-state index is 0.641. The van der Waals surface area contributed by atoms with Crippen molar-refractivity contribution in [1.29, 1.82) is 0 Å². The predicted octanol–water partition coefficient (Wildman–Crippen LogP) is 0.797. The van der Waals surface area contributed by atoms with Crippen molar-refractivity contribution in [3.63, 3.8) is 0 Å². The van der Waals surface area contributed by atoms with Crippen LogP contribution in [-0.4, -0.2) is 36.7 Å². The van der Waals surface area contributed by atoms with Gasteiger partial charge in [0.1, 0.15) is 23.5 Å². The van der Waals surface area contributed by atoms with Crippen molar-refractivity contribution >= 4 is 17.0 Å². The van der Waals surface area contributed by atoms with E-state index in [2.05, 4.69) is 35.5 Å². The van der Waals surface area contributed by atoms with E-state index < -0.39 is 0 Å². The summed E-state index contributed by atoms with van der Waals surface area (Å²) in [5.74, 6) is 1.63. The maximum atomic E-state index is 4.36. The van der Waals surface area contributed by atoms with Crippen molar-refractivity contribution < 1.29 is 0 Å². The minimum atomic E-state index is 0.641. The van der Waals surface area contributed by atoms with Gasteiger partial charge < -0.3 is 5.32 Å². The molecule has 0 aliphatic heterocycles. The van der Waals surface area contributed by atoms with Crippen LogP contribution in [0.5, 0.6) is 0 Å². The molecule has 7 nitrogen and oxygen atoms in total. The van der Waals surface area contributed by atoms with E-state index >= 15 is 0 Å². The van der Waals surface area contributed by atoms with Gasteiger partial charge in [-0.25, -0.2) is 15.0 Å². The van der Waals surface area contributed by atoms with Crippen LogP contribution in [-0.2, 0) is 6.42 Å². The number of H-pyrrole nitrogens is 1. The fourth-order valence-electron chi connectivity index (χ4n) is 1.61. The fraction of sp³-hybridized carbons (Fsp3) is 0.182. The van der Waals surface area contributed by atoms with Gasteiger partial charge in [0.25, 0.3) is 0 Å². The third-order valence-electron chi connectivity index (χ3n) is 2.46. The first-order chi connectivity index (χ1) is 8.92. The van der Waals surface area contributed by atoms with Crippen LogP contribution >= 0.6 is 0 Å². The number of fused-ring (bicyclic) bond motifs is 1. The Hall–Kier alpha value is -2.57. The zero-order valence-electron chi connectivity index (χ0n) is 9.54. The summed E-state index contributed by atoms with van der Waals surface area (Å²) < 4.78 is 0. The molecule has 3 rings (SSSR count). The van der Waals surface area contributed by atoms with E-state index in [1.54, 1.807) is 12.4 Å². The topological polar surface area (TPSA) is 92.3 Å². The largest absolute Gasteiger partial charge is 0.370 e. The van der Waals surface area contributed by atoms with Crippen molar-refractivity contribution in [2.24, 2.45) is 0 Å². The predicted molar refractivity (Wildman–Crippen MR) is 65.9 cm³/mol. The molecule has 0 amide bonds. The molecule has 0 fully saturated rings. The van der Waals surface area contributed by atoms with E-state index in [0.29, 0.717) is 5.65 Å². The molecule has 2 N–H and O–H groups in total. The molecule has 0 spiro atoms. The van der Waals surface area contributed by atoms with Crippen molar-refractivity contribution in [2.75, 3.05) is 11.9 Å². The molecule has 0 saturated carbocycles. The molecule has 0 atom stereocenters. The summed E-state index contributed by atoms with van der Waals surface area (Å²) in [6.07, 6.45) is 5.55. The lowest BCUT2D eigenvalue weighted by Gasteiger charge is -2.04. The molecule has 90 valence electrons. The molecule has 0 aromatic carbocycles. The lowest BCUT2D eigenvalue weighted by atomic mass is 10.3. The summed E-state index contributed by atoms with van der Waals surface area (Å²) >= 11 is 0.